The quantitative estimate of drug-likeness (QED) is 0.902. The molecule has 3 nitrogen and oxygen atoms in total. The van der Waals surface area contributed by atoms with E-state index in [0.29, 0.717) is 18.6 Å². The van der Waals surface area contributed by atoms with Gasteiger partial charge in [0.2, 0.25) is 0 Å². The number of thiophene rings is 1. The SMILES string of the molecule is CC(NC1CCCC1CO)c1cnc2ccsc2c1. The van der Waals surface area contributed by atoms with Gasteiger partial charge < -0.3 is 10.4 Å². The van der Waals surface area contributed by atoms with Crippen molar-refractivity contribution in [2.24, 2.45) is 5.92 Å². The first-order valence-corrected chi connectivity index (χ1v) is 7.86. The summed E-state index contributed by atoms with van der Waals surface area (Å²) in [6, 6.07) is 5.02. The van der Waals surface area contributed by atoms with Crippen molar-refractivity contribution in [1.82, 2.24) is 10.3 Å². The molecule has 1 aliphatic rings. The normalized spacial score (nSPS) is 24.9. The molecule has 0 radical (unpaired) electrons. The second kappa shape index (κ2) is 5.57. The highest BCUT2D eigenvalue weighted by Crippen LogP contribution is 2.28. The van der Waals surface area contributed by atoms with E-state index in [-0.39, 0.29) is 6.04 Å². The third-order valence-corrected chi connectivity index (χ3v) is 5.03. The number of hydrogen-bond acceptors (Lipinski definition) is 4. The van der Waals surface area contributed by atoms with Crippen LogP contribution in [0.1, 0.15) is 37.8 Å². The van der Waals surface area contributed by atoms with Gasteiger partial charge >= 0.3 is 0 Å². The number of aromatic nitrogens is 1. The van der Waals surface area contributed by atoms with Crippen molar-refractivity contribution in [2.45, 2.75) is 38.3 Å². The van der Waals surface area contributed by atoms with Crippen LogP contribution in [0.2, 0.25) is 0 Å². The van der Waals surface area contributed by atoms with E-state index in [2.05, 4.69) is 34.7 Å². The summed E-state index contributed by atoms with van der Waals surface area (Å²) >= 11 is 1.74. The van der Waals surface area contributed by atoms with Gasteiger partial charge in [-0.3, -0.25) is 4.98 Å². The Labute approximate surface area is 117 Å². The van der Waals surface area contributed by atoms with Crippen LogP contribution in [0.3, 0.4) is 0 Å². The number of pyridine rings is 1. The summed E-state index contributed by atoms with van der Waals surface area (Å²) < 4.78 is 1.25. The van der Waals surface area contributed by atoms with E-state index in [1.807, 2.05) is 6.20 Å². The van der Waals surface area contributed by atoms with Crippen molar-refractivity contribution in [3.8, 4) is 0 Å². The maximum Gasteiger partial charge on any atom is 0.0809 e. The second-order valence-electron chi connectivity index (χ2n) is 5.44. The van der Waals surface area contributed by atoms with Gasteiger partial charge in [-0.2, -0.15) is 0 Å². The molecule has 3 atom stereocenters. The molecule has 1 saturated carbocycles. The van der Waals surface area contributed by atoms with Crippen LogP contribution >= 0.6 is 11.3 Å². The Morgan fingerprint density at radius 3 is 3.26 bits per heavy atom. The molecule has 0 aromatic carbocycles. The van der Waals surface area contributed by atoms with E-state index in [1.165, 1.54) is 23.1 Å². The zero-order chi connectivity index (χ0) is 13.2. The van der Waals surface area contributed by atoms with E-state index in [1.54, 1.807) is 11.3 Å². The lowest BCUT2D eigenvalue weighted by Gasteiger charge is -2.24. The van der Waals surface area contributed by atoms with Crippen LogP contribution in [0.5, 0.6) is 0 Å². The van der Waals surface area contributed by atoms with Gasteiger partial charge in [0.1, 0.15) is 0 Å². The molecule has 3 unspecified atom stereocenters. The van der Waals surface area contributed by atoms with Crippen molar-refractivity contribution in [3.63, 3.8) is 0 Å². The van der Waals surface area contributed by atoms with Crippen molar-refractivity contribution < 1.29 is 5.11 Å². The number of aliphatic hydroxyl groups excluding tert-OH is 1. The van der Waals surface area contributed by atoms with E-state index in [9.17, 15) is 5.11 Å². The van der Waals surface area contributed by atoms with Crippen LogP contribution in [-0.4, -0.2) is 22.7 Å². The lowest BCUT2D eigenvalue weighted by molar-refractivity contribution is 0.200. The molecule has 3 rings (SSSR count). The highest BCUT2D eigenvalue weighted by molar-refractivity contribution is 7.17. The van der Waals surface area contributed by atoms with Crippen LogP contribution in [0.15, 0.2) is 23.7 Å². The molecule has 19 heavy (non-hydrogen) atoms. The first kappa shape index (κ1) is 13.0. The Bertz CT molecular complexity index is 554. The molecule has 0 spiro atoms. The number of fused-ring (bicyclic) bond motifs is 1. The standard InChI is InChI=1S/C15H20N2OS/c1-10(17-13-4-2-3-11(13)9-18)12-7-15-14(16-8-12)5-6-19-15/h5-8,10-11,13,17-18H,2-4,9H2,1H3. The predicted octanol–water partition coefficient (Wildman–Crippen LogP) is 3.11. The first-order valence-electron chi connectivity index (χ1n) is 6.98. The lowest BCUT2D eigenvalue weighted by Crippen LogP contribution is -2.35. The number of hydrogen-bond donors (Lipinski definition) is 2. The molecule has 4 heteroatoms. The largest absolute Gasteiger partial charge is 0.396 e. The maximum absolute atomic E-state index is 9.38. The molecule has 2 aromatic rings. The monoisotopic (exact) mass is 276 g/mol. The summed E-state index contributed by atoms with van der Waals surface area (Å²) in [7, 11) is 0. The summed E-state index contributed by atoms with van der Waals surface area (Å²) in [6.07, 6.45) is 5.50. The van der Waals surface area contributed by atoms with E-state index in [4.69, 9.17) is 0 Å². The minimum Gasteiger partial charge on any atom is -0.396 e. The van der Waals surface area contributed by atoms with Gasteiger partial charge in [0, 0.05) is 24.9 Å². The van der Waals surface area contributed by atoms with Gasteiger partial charge in [-0.05, 0) is 48.8 Å². The number of nitrogens with zero attached hydrogens (tertiary/aromatic N) is 1. The van der Waals surface area contributed by atoms with Gasteiger partial charge in [-0.25, -0.2) is 0 Å². The van der Waals surface area contributed by atoms with E-state index < -0.39 is 0 Å². The average Bonchev–Trinajstić information content (AvgIpc) is 3.05. The zero-order valence-electron chi connectivity index (χ0n) is 11.2. The summed E-state index contributed by atoms with van der Waals surface area (Å²) in [4.78, 5) is 4.50. The van der Waals surface area contributed by atoms with Crippen LogP contribution in [0.4, 0.5) is 0 Å². The van der Waals surface area contributed by atoms with Crippen LogP contribution in [-0.2, 0) is 0 Å². The first-order chi connectivity index (χ1) is 9.28. The Morgan fingerprint density at radius 2 is 2.42 bits per heavy atom. The molecular weight excluding hydrogens is 256 g/mol. The molecule has 0 bridgehead atoms. The van der Waals surface area contributed by atoms with Crippen molar-refractivity contribution in [3.05, 3.63) is 29.3 Å². The van der Waals surface area contributed by atoms with Crippen molar-refractivity contribution in [1.29, 1.82) is 0 Å². The predicted molar refractivity (Wildman–Crippen MR) is 79.4 cm³/mol. The Kier molecular flexibility index (Phi) is 3.82. The number of nitrogens with one attached hydrogen (secondary N) is 1. The Hall–Kier alpha value is -0.970. The van der Waals surface area contributed by atoms with E-state index >= 15 is 0 Å². The maximum atomic E-state index is 9.38. The van der Waals surface area contributed by atoms with Crippen LogP contribution in [0, 0.1) is 5.92 Å². The van der Waals surface area contributed by atoms with Crippen molar-refractivity contribution in [2.75, 3.05) is 6.61 Å². The minimum atomic E-state index is 0.288. The summed E-state index contributed by atoms with van der Waals surface area (Å²) in [6.45, 7) is 2.48. The third kappa shape index (κ3) is 2.66. The molecule has 2 heterocycles. The highest BCUT2D eigenvalue weighted by Gasteiger charge is 2.27. The van der Waals surface area contributed by atoms with Crippen LogP contribution < -0.4 is 5.32 Å². The zero-order valence-corrected chi connectivity index (χ0v) is 12.0. The molecule has 0 aliphatic heterocycles. The fourth-order valence-electron chi connectivity index (χ4n) is 2.99. The highest BCUT2D eigenvalue weighted by atomic mass is 32.1. The minimum absolute atomic E-state index is 0.288. The van der Waals surface area contributed by atoms with Gasteiger partial charge in [-0.15, -0.1) is 11.3 Å². The number of rotatable bonds is 4. The molecular formula is C15H20N2OS. The average molecular weight is 276 g/mol. The van der Waals surface area contributed by atoms with Crippen molar-refractivity contribution >= 4 is 21.6 Å². The molecule has 1 fully saturated rings. The summed E-state index contributed by atoms with van der Waals surface area (Å²) in [5.41, 5.74) is 2.31. The molecule has 102 valence electrons. The third-order valence-electron chi connectivity index (χ3n) is 4.18. The van der Waals surface area contributed by atoms with Crippen LogP contribution in [0.25, 0.3) is 10.2 Å². The molecule has 2 N–H and O–H groups in total. The summed E-state index contributed by atoms with van der Waals surface area (Å²) in [5, 5.41) is 15.1. The fraction of sp³-hybridized carbons (Fsp3) is 0.533. The topological polar surface area (TPSA) is 45.1 Å². The molecule has 1 aliphatic carbocycles. The molecule has 2 aromatic heterocycles. The number of aliphatic hydroxyl groups is 1. The lowest BCUT2D eigenvalue weighted by atomic mass is 10.0. The van der Waals surface area contributed by atoms with Gasteiger partial charge in [0.25, 0.3) is 0 Å². The van der Waals surface area contributed by atoms with Gasteiger partial charge in [0.15, 0.2) is 0 Å². The van der Waals surface area contributed by atoms with Gasteiger partial charge in [0.05, 0.1) is 10.2 Å². The Morgan fingerprint density at radius 1 is 1.53 bits per heavy atom. The summed E-state index contributed by atoms with van der Waals surface area (Å²) in [5.74, 6) is 0.417. The molecule has 0 saturated heterocycles. The Balaban J connectivity index is 1.73. The second-order valence-corrected chi connectivity index (χ2v) is 6.39. The molecule has 0 amide bonds. The van der Waals surface area contributed by atoms with E-state index in [0.717, 1.165) is 11.9 Å². The fourth-order valence-corrected chi connectivity index (χ4v) is 3.78. The van der Waals surface area contributed by atoms with Gasteiger partial charge in [-0.1, -0.05) is 6.42 Å². The smallest absolute Gasteiger partial charge is 0.0809 e.